The third-order valence-electron chi connectivity index (χ3n) is 2.68. The van der Waals surface area contributed by atoms with Gasteiger partial charge in [0.2, 0.25) is 0 Å². The van der Waals surface area contributed by atoms with Crippen LogP contribution in [0, 0.1) is 0 Å². The molecule has 1 unspecified atom stereocenters. The maximum atomic E-state index is 11.7. The summed E-state index contributed by atoms with van der Waals surface area (Å²) in [5.74, 6) is 0. The maximum Gasteiger partial charge on any atom is 0.329 e. The molecule has 5 heteroatoms. The predicted molar refractivity (Wildman–Crippen MR) is 70.8 cm³/mol. The van der Waals surface area contributed by atoms with Crippen molar-refractivity contribution in [1.82, 2.24) is 14.4 Å². The van der Waals surface area contributed by atoms with Gasteiger partial charge in [-0.25, -0.2) is 9.38 Å². The molecule has 0 aliphatic rings. The van der Waals surface area contributed by atoms with E-state index in [2.05, 4.69) is 9.97 Å². The fourth-order valence-electron chi connectivity index (χ4n) is 1.85. The molecule has 90 valence electrons. The molecule has 18 heavy (non-hydrogen) atoms. The van der Waals surface area contributed by atoms with Gasteiger partial charge in [-0.1, -0.05) is 30.3 Å². The summed E-state index contributed by atoms with van der Waals surface area (Å²) in [6.45, 7) is 0. The van der Waals surface area contributed by atoms with Gasteiger partial charge in [0.05, 0.1) is 5.69 Å². The number of nitrogens with zero attached hydrogens (tertiary/aromatic N) is 3. The molecular weight excluding hydrogens is 246 g/mol. The molecule has 1 atom stereocenters. The van der Waals surface area contributed by atoms with E-state index in [0.717, 1.165) is 16.9 Å². The van der Waals surface area contributed by atoms with Crippen LogP contribution in [0.4, 0.5) is 0 Å². The molecule has 0 saturated carbocycles. The zero-order valence-corrected chi connectivity index (χ0v) is 10.6. The summed E-state index contributed by atoms with van der Waals surface area (Å²) in [5, 5.41) is 0.517. The van der Waals surface area contributed by atoms with Crippen LogP contribution in [0.5, 0.6) is 0 Å². The van der Waals surface area contributed by atoms with Gasteiger partial charge in [-0.05, 0) is 0 Å². The van der Waals surface area contributed by atoms with Crippen molar-refractivity contribution in [3.05, 3.63) is 48.8 Å². The average Bonchev–Trinajstić information content (AvgIpc) is 2.86. The number of fused-ring (bicyclic) bond motifs is 1. The molecule has 3 rings (SSSR count). The van der Waals surface area contributed by atoms with Gasteiger partial charge in [0.25, 0.3) is 0 Å². The Balaban J connectivity index is 2.25. The van der Waals surface area contributed by atoms with Gasteiger partial charge in [0.1, 0.15) is 11.9 Å². The van der Waals surface area contributed by atoms with E-state index in [0.29, 0.717) is 5.16 Å². The van der Waals surface area contributed by atoms with E-state index >= 15 is 0 Å². The molecule has 0 amide bonds. The highest BCUT2D eigenvalue weighted by Crippen LogP contribution is 2.20. The second kappa shape index (κ2) is 4.44. The summed E-state index contributed by atoms with van der Waals surface area (Å²) >= 11 is -1.15. The topological polar surface area (TPSA) is 53.2 Å². The molecule has 0 aliphatic carbocycles. The number of hydrogen-bond donors (Lipinski definition) is 0. The van der Waals surface area contributed by atoms with E-state index in [1.165, 1.54) is 0 Å². The van der Waals surface area contributed by atoms with Crippen molar-refractivity contribution in [3.63, 3.8) is 0 Å². The fraction of sp³-hybridized carbons (Fsp3) is 0.0769. The van der Waals surface area contributed by atoms with Crippen LogP contribution in [0.1, 0.15) is 0 Å². The monoisotopic (exact) mass is 257 g/mol. The van der Waals surface area contributed by atoms with Crippen molar-refractivity contribution in [2.24, 2.45) is 0 Å². The summed E-state index contributed by atoms with van der Waals surface area (Å²) in [4.78, 5) is 8.70. The molecule has 0 saturated heterocycles. The van der Waals surface area contributed by atoms with Crippen LogP contribution in [-0.2, 0) is 11.2 Å². The highest BCUT2D eigenvalue weighted by Gasteiger charge is 2.15. The molecule has 2 heterocycles. The minimum absolute atomic E-state index is 0.517. The lowest BCUT2D eigenvalue weighted by Gasteiger charge is -2.08. The van der Waals surface area contributed by atoms with E-state index in [-0.39, 0.29) is 0 Å². The highest BCUT2D eigenvalue weighted by molar-refractivity contribution is 7.90. The van der Waals surface area contributed by atoms with Crippen molar-refractivity contribution in [2.45, 2.75) is 5.16 Å². The number of aromatic nitrogens is 3. The Kier molecular flexibility index (Phi) is 2.77. The van der Waals surface area contributed by atoms with Crippen molar-refractivity contribution in [3.8, 4) is 11.3 Å². The van der Waals surface area contributed by atoms with Crippen molar-refractivity contribution < 1.29 is 4.55 Å². The first-order chi connectivity index (χ1) is 8.75. The molecule has 0 fully saturated rings. The summed E-state index contributed by atoms with van der Waals surface area (Å²) < 4.78 is 13.5. The lowest BCUT2D eigenvalue weighted by molar-refractivity contribution is 0.589. The number of imidazole rings is 1. The number of benzene rings is 1. The third-order valence-corrected chi connectivity index (χ3v) is 3.49. The molecule has 0 spiro atoms. The van der Waals surface area contributed by atoms with Gasteiger partial charge in [-0.15, -0.1) is 0 Å². The minimum Gasteiger partial charge on any atom is -0.609 e. The van der Waals surface area contributed by atoms with Crippen molar-refractivity contribution in [2.75, 3.05) is 6.26 Å². The lowest BCUT2D eigenvalue weighted by Crippen LogP contribution is -2.08. The molecule has 0 aliphatic heterocycles. The zero-order valence-electron chi connectivity index (χ0n) is 9.78. The Labute approximate surface area is 108 Å². The fourth-order valence-corrected chi connectivity index (χ4v) is 2.51. The largest absolute Gasteiger partial charge is 0.609 e. The minimum atomic E-state index is -1.15. The zero-order chi connectivity index (χ0) is 12.5. The summed E-state index contributed by atoms with van der Waals surface area (Å²) in [7, 11) is 0. The van der Waals surface area contributed by atoms with E-state index in [9.17, 15) is 4.55 Å². The van der Waals surface area contributed by atoms with Crippen LogP contribution in [-0.4, -0.2) is 25.2 Å². The van der Waals surface area contributed by atoms with E-state index in [1.54, 1.807) is 23.1 Å². The van der Waals surface area contributed by atoms with Crippen LogP contribution in [0.25, 0.3) is 16.9 Å². The SMILES string of the molecule is C[S+]([O-])c1nc(-c2ccccc2)cc2nccn12. The molecule has 0 N–H and O–H groups in total. The van der Waals surface area contributed by atoms with Gasteiger partial charge in [0, 0.05) is 35.2 Å². The molecular formula is C13H11N3OS. The normalized spacial score (nSPS) is 12.8. The van der Waals surface area contributed by atoms with E-state index in [4.69, 9.17) is 0 Å². The second-order valence-electron chi connectivity index (χ2n) is 3.90. The van der Waals surface area contributed by atoms with Gasteiger partial charge in [-0.3, -0.25) is 0 Å². The predicted octanol–water partition coefficient (Wildman–Crippen LogP) is 2.13. The molecule has 3 aromatic rings. The van der Waals surface area contributed by atoms with Gasteiger partial charge < -0.3 is 4.55 Å². The van der Waals surface area contributed by atoms with E-state index < -0.39 is 11.2 Å². The first kappa shape index (κ1) is 11.3. The van der Waals surface area contributed by atoms with Gasteiger partial charge >= 0.3 is 5.16 Å². The van der Waals surface area contributed by atoms with Crippen molar-refractivity contribution in [1.29, 1.82) is 0 Å². The average molecular weight is 257 g/mol. The molecule has 2 aromatic heterocycles. The lowest BCUT2D eigenvalue weighted by atomic mass is 10.1. The standard InChI is InChI=1S/C13H11N3OS/c1-18(17)13-15-11(10-5-3-2-4-6-10)9-12-14-7-8-16(12)13/h2-9H,1H3. The first-order valence-corrected chi connectivity index (χ1v) is 7.04. The van der Waals surface area contributed by atoms with Crippen LogP contribution in [0.15, 0.2) is 53.9 Å². The van der Waals surface area contributed by atoms with Gasteiger partial charge in [-0.2, -0.15) is 4.98 Å². The van der Waals surface area contributed by atoms with E-state index in [1.807, 2.05) is 36.4 Å². The molecule has 0 bridgehead atoms. The Bertz CT molecular complexity index is 679. The molecule has 1 aromatic carbocycles. The molecule has 0 radical (unpaired) electrons. The Morgan fingerprint density at radius 1 is 1.22 bits per heavy atom. The smallest absolute Gasteiger partial charge is 0.329 e. The Morgan fingerprint density at radius 3 is 2.72 bits per heavy atom. The Hall–Kier alpha value is -1.85. The quantitative estimate of drug-likeness (QED) is 0.522. The van der Waals surface area contributed by atoms with Crippen molar-refractivity contribution >= 4 is 16.8 Å². The van der Waals surface area contributed by atoms with Crippen LogP contribution in [0.3, 0.4) is 0 Å². The maximum absolute atomic E-state index is 11.7. The van der Waals surface area contributed by atoms with Crippen LogP contribution < -0.4 is 0 Å². The second-order valence-corrected chi connectivity index (χ2v) is 5.17. The Morgan fingerprint density at radius 2 is 2.00 bits per heavy atom. The van der Waals surface area contributed by atoms with Gasteiger partial charge in [0.15, 0.2) is 0 Å². The number of rotatable bonds is 2. The first-order valence-electron chi connectivity index (χ1n) is 5.48. The summed E-state index contributed by atoms with van der Waals surface area (Å²) in [6.07, 6.45) is 5.08. The van der Waals surface area contributed by atoms with Crippen LogP contribution in [0.2, 0.25) is 0 Å². The third kappa shape index (κ3) is 1.87. The molecule has 4 nitrogen and oxygen atoms in total. The van der Waals surface area contributed by atoms with Crippen LogP contribution >= 0.6 is 0 Å². The summed E-state index contributed by atoms with van der Waals surface area (Å²) in [6, 6.07) is 11.7. The number of hydrogen-bond acceptors (Lipinski definition) is 3. The highest BCUT2D eigenvalue weighted by atomic mass is 32.2. The summed E-state index contributed by atoms with van der Waals surface area (Å²) in [5.41, 5.74) is 2.54.